The molecule has 0 spiro atoms. The molecule has 0 radical (unpaired) electrons. The van der Waals surface area contributed by atoms with E-state index in [1.54, 1.807) is 36.1 Å². The second kappa shape index (κ2) is 7.20. The second-order valence-electron chi connectivity index (χ2n) is 5.73. The van der Waals surface area contributed by atoms with Crippen molar-refractivity contribution < 1.29 is 14.3 Å². The number of ether oxygens (including phenoxy) is 1. The van der Waals surface area contributed by atoms with Gasteiger partial charge in [0.05, 0.1) is 23.9 Å². The summed E-state index contributed by atoms with van der Waals surface area (Å²) in [6.07, 6.45) is 0. The highest BCUT2D eigenvalue weighted by Crippen LogP contribution is 2.24. The molecule has 2 heterocycles. The van der Waals surface area contributed by atoms with E-state index in [4.69, 9.17) is 4.74 Å². The number of imide groups is 1. The van der Waals surface area contributed by atoms with Gasteiger partial charge >= 0.3 is 0 Å². The normalized spacial score (nSPS) is 13.1. The van der Waals surface area contributed by atoms with Crippen molar-refractivity contribution in [3.8, 4) is 11.4 Å². The Morgan fingerprint density at radius 2 is 1.67 bits per heavy atom. The van der Waals surface area contributed by atoms with Crippen LogP contribution in [0.5, 0.6) is 5.75 Å². The average molecular weight is 381 g/mol. The average Bonchev–Trinajstić information content (AvgIpc) is 3.27. The molecule has 2 aromatic carbocycles. The first-order valence-corrected chi connectivity index (χ1v) is 9.18. The summed E-state index contributed by atoms with van der Waals surface area (Å²) in [6.45, 7) is 0.284. The van der Waals surface area contributed by atoms with E-state index in [0.29, 0.717) is 22.0 Å². The first kappa shape index (κ1) is 17.2. The molecule has 1 aliphatic heterocycles. The van der Waals surface area contributed by atoms with Crippen LogP contribution in [0.15, 0.2) is 53.7 Å². The first-order valence-electron chi connectivity index (χ1n) is 8.20. The summed E-state index contributed by atoms with van der Waals surface area (Å²) in [5.74, 6) is 0.714. The highest BCUT2D eigenvalue weighted by atomic mass is 32.2. The molecule has 0 atom stereocenters. The number of carbonyl (C=O) groups excluding carboxylic acids is 2. The number of rotatable bonds is 6. The van der Waals surface area contributed by atoms with Gasteiger partial charge in [0.25, 0.3) is 11.8 Å². The molecule has 0 N–H and O–H groups in total. The molecule has 0 aliphatic carbocycles. The number of thioether (sulfide) groups is 1. The SMILES string of the molecule is COc1ccc(-n2nnnc2SCCN2C(=O)c3ccccc3C2=O)cc1. The lowest BCUT2D eigenvalue weighted by Gasteiger charge is -2.13. The predicted octanol–water partition coefficient (Wildman–Crippen LogP) is 2.06. The number of methoxy groups -OCH3 is 1. The van der Waals surface area contributed by atoms with E-state index in [1.807, 2.05) is 24.3 Å². The molecule has 136 valence electrons. The Bertz CT molecular complexity index is 967. The molecule has 1 aliphatic rings. The van der Waals surface area contributed by atoms with Crippen LogP contribution < -0.4 is 4.74 Å². The minimum atomic E-state index is -0.258. The first-order chi connectivity index (χ1) is 13.2. The van der Waals surface area contributed by atoms with Crippen molar-refractivity contribution in [2.75, 3.05) is 19.4 Å². The lowest BCUT2D eigenvalue weighted by atomic mass is 10.1. The summed E-state index contributed by atoms with van der Waals surface area (Å²) in [4.78, 5) is 26.0. The van der Waals surface area contributed by atoms with Gasteiger partial charge in [-0.3, -0.25) is 14.5 Å². The number of hydrogen-bond donors (Lipinski definition) is 0. The van der Waals surface area contributed by atoms with Gasteiger partial charge in [-0.05, 0) is 46.8 Å². The van der Waals surface area contributed by atoms with E-state index in [9.17, 15) is 9.59 Å². The Morgan fingerprint density at radius 1 is 1.00 bits per heavy atom. The molecule has 8 nitrogen and oxygen atoms in total. The zero-order chi connectivity index (χ0) is 18.8. The largest absolute Gasteiger partial charge is 0.497 e. The molecule has 27 heavy (non-hydrogen) atoms. The molecule has 0 fully saturated rings. The summed E-state index contributed by atoms with van der Waals surface area (Å²) < 4.78 is 6.75. The third kappa shape index (κ3) is 3.17. The summed E-state index contributed by atoms with van der Waals surface area (Å²) >= 11 is 1.38. The lowest BCUT2D eigenvalue weighted by Crippen LogP contribution is -2.31. The van der Waals surface area contributed by atoms with Gasteiger partial charge in [-0.1, -0.05) is 23.9 Å². The van der Waals surface area contributed by atoms with Crippen molar-refractivity contribution in [1.29, 1.82) is 0 Å². The third-order valence-electron chi connectivity index (χ3n) is 4.18. The Balaban J connectivity index is 1.43. The molecule has 3 aromatic rings. The van der Waals surface area contributed by atoms with E-state index in [0.717, 1.165) is 11.4 Å². The highest BCUT2D eigenvalue weighted by Gasteiger charge is 2.34. The van der Waals surface area contributed by atoms with Gasteiger partial charge in [0, 0.05) is 12.3 Å². The molecule has 2 amide bonds. The van der Waals surface area contributed by atoms with Crippen LogP contribution in [-0.2, 0) is 0 Å². The highest BCUT2D eigenvalue weighted by molar-refractivity contribution is 7.99. The van der Waals surface area contributed by atoms with E-state index in [-0.39, 0.29) is 18.4 Å². The smallest absolute Gasteiger partial charge is 0.261 e. The number of nitrogens with zero attached hydrogens (tertiary/aromatic N) is 5. The molecular formula is C18H15N5O3S. The molecular weight excluding hydrogens is 366 g/mol. The second-order valence-corrected chi connectivity index (χ2v) is 6.79. The predicted molar refractivity (Wildman–Crippen MR) is 98.2 cm³/mol. The van der Waals surface area contributed by atoms with Crippen LogP contribution in [0.1, 0.15) is 20.7 Å². The summed E-state index contributed by atoms with van der Waals surface area (Å²) in [7, 11) is 1.60. The van der Waals surface area contributed by atoms with Gasteiger partial charge in [0.15, 0.2) is 0 Å². The van der Waals surface area contributed by atoms with Crippen LogP contribution in [0, 0.1) is 0 Å². The summed E-state index contributed by atoms with van der Waals surface area (Å²) in [5, 5.41) is 12.3. The quantitative estimate of drug-likeness (QED) is 0.477. The van der Waals surface area contributed by atoms with E-state index in [2.05, 4.69) is 15.5 Å². The Kier molecular flexibility index (Phi) is 4.59. The van der Waals surface area contributed by atoms with Crippen LogP contribution in [0.3, 0.4) is 0 Å². The Hall–Kier alpha value is -3.20. The minimum absolute atomic E-state index is 0.258. The summed E-state index contributed by atoms with van der Waals surface area (Å²) in [5.41, 5.74) is 1.70. The van der Waals surface area contributed by atoms with Crippen LogP contribution >= 0.6 is 11.8 Å². The third-order valence-corrected chi connectivity index (χ3v) is 5.08. The number of aromatic nitrogens is 4. The number of hydrogen-bond acceptors (Lipinski definition) is 7. The minimum Gasteiger partial charge on any atom is -0.497 e. The van der Waals surface area contributed by atoms with E-state index >= 15 is 0 Å². The van der Waals surface area contributed by atoms with Crippen molar-refractivity contribution in [3.63, 3.8) is 0 Å². The van der Waals surface area contributed by atoms with Crippen molar-refractivity contribution in [1.82, 2.24) is 25.1 Å². The molecule has 4 rings (SSSR count). The van der Waals surface area contributed by atoms with E-state index < -0.39 is 0 Å². The van der Waals surface area contributed by atoms with Gasteiger partial charge in [-0.15, -0.1) is 5.10 Å². The Labute approximate surface area is 159 Å². The molecule has 0 unspecified atom stereocenters. The lowest BCUT2D eigenvalue weighted by molar-refractivity contribution is 0.0664. The monoisotopic (exact) mass is 381 g/mol. The topological polar surface area (TPSA) is 90.2 Å². The van der Waals surface area contributed by atoms with Crippen LogP contribution in [0.4, 0.5) is 0 Å². The fourth-order valence-corrected chi connectivity index (χ4v) is 3.64. The standard InChI is InChI=1S/C18H15N5O3S/c1-26-13-8-6-12(7-9-13)23-18(19-20-21-23)27-11-10-22-16(24)14-4-2-3-5-15(14)17(22)25/h2-9H,10-11H2,1H3. The van der Waals surface area contributed by atoms with Gasteiger partial charge in [-0.25, -0.2) is 0 Å². The maximum atomic E-state index is 12.4. The van der Waals surface area contributed by atoms with Gasteiger partial charge in [0.1, 0.15) is 5.75 Å². The van der Waals surface area contributed by atoms with Gasteiger partial charge < -0.3 is 4.74 Å². The number of fused-ring (bicyclic) bond motifs is 1. The van der Waals surface area contributed by atoms with Crippen molar-refractivity contribution in [2.45, 2.75) is 5.16 Å². The molecule has 9 heteroatoms. The fraction of sp³-hybridized carbons (Fsp3) is 0.167. The number of tetrazole rings is 1. The zero-order valence-electron chi connectivity index (χ0n) is 14.4. The maximum Gasteiger partial charge on any atom is 0.261 e. The van der Waals surface area contributed by atoms with Gasteiger partial charge in [-0.2, -0.15) is 4.68 Å². The van der Waals surface area contributed by atoms with Crippen molar-refractivity contribution in [2.24, 2.45) is 0 Å². The number of carbonyl (C=O) groups is 2. The molecule has 0 bridgehead atoms. The Morgan fingerprint density at radius 3 is 2.30 bits per heavy atom. The zero-order valence-corrected chi connectivity index (χ0v) is 15.2. The summed E-state index contributed by atoms with van der Waals surface area (Å²) in [6, 6.07) is 14.2. The molecule has 1 aromatic heterocycles. The van der Waals surface area contributed by atoms with Crippen molar-refractivity contribution in [3.05, 3.63) is 59.7 Å². The van der Waals surface area contributed by atoms with Crippen LogP contribution in [-0.4, -0.2) is 56.3 Å². The molecule has 0 saturated heterocycles. The maximum absolute atomic E-state index is 12.4. The number of benzene rings is 2. The van der Waals surface area contributed by atoms with Crippen molar-refractivity contribution >= 4 is 23.6 Å². The number of amides is 2. The van der Waals surface area contributed by atoms with Crippen LogP contribution in [0.2, 0.25) is 0 Å². The fourth-order valence-electron chi connectivity index (χ4n) is 2.82. The van der Waals surface area contributed by atoms with Crippen LogP contribution in [0.25, 0.3) is 5.69 Å². The van der Waals surface area contributed by atoms with Gasteiger partial charge in [0.2, 0.25) is 5.16 Å². The van der Waals surface area contributed by atoms with E-state index in [1.165, 1.54) is 16.7 Å². The molecule has 0 saturated carbocycles.